The van der Waals surface area contributed by atoms with Crippen molar-refractivity contribution < 1.29 is 0 Å². The molecule has 82 valence electrons. The summed E-state index contributed by atoms with van der Waals surface area (Å²) in [5.41, 5.74) is 1.06. The molecule has 0 N–H and O–H groups in total. The average molecular weight is 346 g/mol. The molecule has 0 saturated carbocycles. The van der Waals surface area contributed by atoms with E-state index in [-0.39, 0.29) is 5.56 Å². The molecule has 0 unspecified atom stereocenters. The number of benzene rings is 1. The Hall–Kier alpha value is -0.810. The van der Waals surface area contributed by atoms with E-state index in [9.17, 15) is 4.79 Å². The van der Waals surface area contributed by atoms with Crippen molar-refractivity contribution >= 4 is 34.2 Å². The van der Waals surface area contributed by atoms with Gasteiger partial charge in [-0.2, -0.15) is 0 Å². The molecule has 2 rings (SSSR count). The van der Waals surface area contributed by atoms with Gasteiger partial charge >= 0.3 is 0 Å². The largest absolute Gasteiger partial charge is 0.310 e. The highest BCUT2D eigenvalue weighted by Crippen LogP contribution is 2.11. The second kappa shape index (κ2) is 5.01. The Balaban J connectivity index is 2.34. The van der Waals surface area contributed by atoms with Gasteiger partial charge in [0.25, 0.3) is 5.56 Å². The Labute approximate surface area is 112 Å². The van der Waals surface area contributed by atoms with Crippen molar-refractivity contribution in [2.75, 3.05) is 0 Å². The number of rotatable bonds is 2. The zero-order valence-electron chi connectivity index (χ0n) is 8.36. The van der Waals surface area contributed by atoms with E-state index in [1.807, 2.05) is 52.9 Å². The van der Waals surface area contributed by atoms with E-state index in [0.29, 0.717) is 11.6 Å². The molecule has 0 atom stereocenters. The van der Waals surface area contributed by atoms with Crippen LogP contribution in [0.3, 0.4) is 0 Å². The second-order valence-corrected chi connectivity index (χ2v) is 5.02. The molecule has 1 aromatic carbocycles. The third kappa shape index (κ3) is 2.65. The maximum Gasteiger partial charge on any atom is 0.264 e. The molecule has 16 heavy (non-hydrogen) atoms. The zero-order valence-corrected chi connectivity index (χ0v) is 11.3. The van der Waals surface area contributed by atoms with E-state index in [2.05, 4.69) is 0 Å². The lowest BCUT2D eigenvalue weighted by Gasteiger charge is -2.06. The number of nitrogens with zero attached hydrogens (tertiary/aromatic N) is 1. The van der Waals surface area contributed by atoms with Gasteiger partial charge in [0.1, 0.15) is 0 Å². The normalized spacial score (nSPS) is 10.4. The lowest BCUT2D eigenvalue weighted by molar-refractivity contribution is 0.754. The Kier molecular flexibility index (Phi) is 3.66. The van der Waals surface area contributed by atoms with Crippen LogP contribution in [0.15, 0.2) is 47.4 Å². The van der Waals surface area contributed by atoms with Gasteiger partial charge in [-0.25, -0.2) is 0 Å². The molecule has 1 heterocycles. The van der Waals surface area contributed by atoms with Crippen molar-refractivity contribution in [1.29, 1.82) is 0 Å². The Morgan fingerprint density at radius 2 is 2.06 bits per heavy atom. The predicted octanol–water partition coefficient (Wildman–Crippen LogP) is 3.15. The molecule has 0 amide bonds. The molecule has 0 bridgehead atoms. The van der Waals surface area contributed by atoms with Gasteiger partial charge in [-0.05, 0) is 52.4 Å². The van der Waals surface area contributed by atoms with Crippen LogP contribution in [-0.4, -0.2) is 4.57 Å². The molecular formula is C12H9ClINO. The van der Waals surface area contributed by atoms with E-state index in [1.165, 1.54) is 0 Å². The molecular weight excluding hydrogens is 336 g/mol. The predicted molar refractivity (Wildman–Crippen MR) is 74.0 cm³/mol. The van der Waals surface area contributed by atoms with E-state index >= 15 is 0 Å². The first-order valence-corrected chi connectivity index (χ1v) is 6.22. The summed E-state index contributed by atoms with van der Waals surface area (Å²) in [5, 5.41) is 0.691. The van der Waals surface area contributed by atoms with Crippen molar-refractivity contribution in [3.05, 3.63) is 67.1 Å². The van der Waals surface area contributed by atoms with Gasteiger partial charge in [0.05, 0.1) is 10.1 Å². The van der Waals surface area contributed by atoms with Crippen LogP contribution in [0, 0.1) is 3.57 Å². The molecule has 4 heteroatoms. The van der Waals surface area contributed by atoms with Gasteiger partial charge < -0.3 is 4.57 Å². The van der Waals surface area contributed by atoms with Crippen LogP contribution in [0.1, 0.15) is 5.56 Å². The molecule has 0 aliphatic heterocycles. The minimum atomic E-state index is 0.0306. The van der Waals surface area contributed by atoms with Gasteiger partial charge in [-0.15, -0.1) is 0 Å². The van der Waals surface area contributed by atoms with Crippen LogP contribution >= 0.6 is 34.2 Å². The maximum atomic E-state index is 11.8. The van der Waals surface area contributed by atoms with Crippen molar-refractivity contribution in [2.24, 2.45) is 0 Å². The number of hydrogen-bond acceptors (Lipinski definition) is 1. The van der Waals surface area contributed by atoms with Gasteiger partial charge in [0.2, 0.25) is 0 Å². The second-order valence-electron chi connectivity index (χ2n) is 3.42. The first kappa shape index (κ1) is 11.7. The smallest absolute Gasteiger partial charge is 0.264 e. The van der Waals surface area contributed by atoms with Crippen LogP contribution in [0.2, 0.25) is 5.02 Å². The topological polar surface area (TPSA) is 22.0 Å². The quantitative estimate of drug-likeness (QED) is 0.767. The van der Waals surface area contributed by atoms with Crippen LogP contribution in [0.4, 0.5) is 0 Å². The third-order valence-corrected chi connectivity index (χ3v) is 3.27. The van der Waals surface area contributed by atoms with Crippen LogP contribution in [0.5, 0.6) is 0 Å². The van der Waals surface area contributed by atoms with Crippen molar-refractivity contribution in [3.63, 3.8) is 0 Å². The third-order valence-electron chi connectivity index (χ3n) is 2.22. The highest BCUT2D eigenvalue weighted by Gasteiger charge is 2.01. The van der Waals surface area contributed by atoms with Crippen LogP contribution in [-0.2, 0) is 6.54 Å². The summed E-state index contributed by atoms with van der Waals surface area (Å²) in [4.78, 5) is 11.8. The lowest BCUT2D eigenvalue weighted by Crippen LogP contribution is -2.21. The zero-order chi connectivity index (χ0) is 11.5. The minimum Gasteiger partial charge on any atom is -0.310 e. The van der Waals surface area contributed by atoms with Gasteiger partial charge in [0, 0.05) is 11.2 Å². The van der Waals surface area contributed by atoms with E-state index in [4.69, 9.17) is 11.6 Å². The summed E-state index contributed by atoms with van der Waals surface area (Å²) in [6.07, 6.45) is 1.78. The molecule has 0 aliphatic rings. The van der Waals surface area contributed by atoms with E-state index in [1.54, 1.807) is 16.8 Å². The number of hydrogen-bond donors (Lipinski definition) is 0. The molecule has 0 fully saturated rings. The van der Waals surface area contributed by atoms with Crippen LogP contribution in [0.25, 0.3) is 0 Å². The minimum absolute atomic E-state index is 0.0306. The van der Waals surface area contributed by atoms with Crippen LogP contribution < -0.4 is 5.56 Å². The van der Waals surface area contributed by atoms with E-state index in [0.717, 1.165) is 9.13 Å². The van der Waals surface area contributed by atoms with Gasteiger partial charge in [0.15, 0.2) is 0 Å². The number of pyridine rings is 1. The monoisotopic (exact) mass is 345 g/mol. The summed E-state index contributed by atoms with van der Waals surface area (Å²) < 4.78 is 2.40. The van der Waals surface area contributed by atoms with Crippen molar-refractivity contribution in [2.45, 2.75) is 6.54 Å². The molecule has 0 spiro atoms. The molecule has 2 aromatic rings. The fraction of sp³-hybridized carbons (Fsp3) is 0.0833. The molecule has 1 aromatic heterocycles. The van der Waals surface area contributed by atoms with E-state index < -0.39 is 0 Å². The highest BCUT2D eigenvalue weighted by molar-refractivity contribution is 14.1. The average Bonchev–Trinajstić information content (AvgIpc) is 2.25. The fourth-order valence-electron chi connectivity index (χ4n) is 1.46. The number of aromatic nitrogens is 1. The molecule has 0 radical (unpaired) electrons. The summed E-state index contributed by atoms with van der Waals surface area (Å²) >= 11 is 7.93. The summed E-state index contributed by atoms with van der Waals surface area (Å²) in [6.45, 7) is 0.552. The van der Waals surface area contributed by atoms with Crippen molar-refractivity contribution in [3.8, 4) is 0 Å². The molecule has 0 saturated heterocycles. The Morgan fingerprint density at radius 1 is 1.25 bits per heavy atom. The summed E-state index contributed by atoms with van der Waals surface area (Å²) in [6, 6.07) is 11.2. The van der Waals surface area contributed by atoms with Crippen molar-refractivity contribution in [1.82, 2.24) is 4.57 Å². The standard InChI is InChI=1S/C12H9ClINO/c13-10-4-1-3-9(7-10)8-15-6-2-5-11(14)12(15)16/h1-7H,8H2. The molecule has 2 nitrogen and oxygen atoms in total. The Bertz CT molecular complexity index is 565. The lowest BCUT2D eigenvalue weighted by atomic mass is 10.2. The Morgan fingerprint density at radius 3 is 2.81 bits per heavy atom. The SMILES string of the molecule is O=c1c(I)cccn1Cc1cccc(Cl)c1. The summed E-state index contributed by atoms with van der Waals surface area (Å²) in [7, 11) is 0. The fourth-order valence-corrected chi connectivity index (χ4v) is 2.19. The first-order chi connectivity index (χ1) is 7.66. The number of halogens is 2. The summed E-state index contributed by atoms with van der Waals surface area (Å²) in [5.74, 6) is 0. The molecule has 0 aliphatic carbocycles. The maximum absolute atomic E-state index is 11.8. The first-order valence-electron chi connectivity index (χ1n) is 4.76. The van der Waals surface area contributed by atoms with Gasteiger partial charge in [-0.1, -0.05) is 23.7 Å². The van der Waals surface area contributed by atoms with Gasteiger partial charge in [-0.3, -0.25) is 4.79 Å². The highest BCUT2D eigenvalue weighted by atomic mass is 127.